The lowest BCUT2D eigenvalue weighted by atomic mass is 10.1. The van der Waals surface area contributed by atoms with Gasteiger partial charge in [0.15, 0.2) is 0 Å². The van der Waals surface area contributed by atoms with Crippen LogP contribution < -0.4 is 10.1 Å². The second-order valence-electron chi connectivity index (χ2n) is 7.31. The summed E-state index contributed by atoms with van der Waals surface area (Å²) in [6.07, 6.45) is 0.0879. The lowest BCUT2D eigenvalue weighted by Crippen LogP contribution is -2.50. The lowest BCUT2D eigenvalue weighted by Gasteiger charge is -2.34. The highest BCUT2D eigenvalue weighted by molar-refractivity contribution is 5.94. The number of piperazine rings is 1. The van der Waals surface area contributed by atoms with Gasteiger partial charge < -0.3 is 15.0 Å². The largest absolute Gasteiger partial charge is 0.491 e. The van der Waals surface area contributed by atoms with E-state index in [4.69, 9.17) is 4.74 Å². The molecule has 1 fully saturated rings. The maximum atomic E-state index is 12.9. The zero-order valence-corrected chi connectivity index (χ0v) is 16.7. The van der Waals surface area contributed by atoms with Gasteiger partial charge in [-0.25, -0.2) is 4.39 Å². The van der Waals surface area contributed by atoms with Crippen LogP contribution in [0.5, 0.6) is 5.75 Å². The van der Waals surface area contributed by atoms with E-state index in [0.717, 1.165) is 5.75 Å². The number of benzene rings is 2. The van der Waals surface area contributed by atoms with Gasteiger partial charge in [0, 0.05) is 37.4 Å². The summed E-state index contributed by atoms with van der Waals surface area (Å²) < 4.78 is 18.5. The maximum absolute atomic E-state index is 12.9. The highest BCUT2D eigenvalue weighted by Gasteiger charge is 2.23. The molecular formula is C22H26FN3O3. The van der Waals surface area contributed by atoms with Gasteiger partial charge in [-0.3, -0.25) is 14.5 Å². The molecule has 1 saturated heterocycles. The van der Waals surface area contributed by atoms with Gasteiger partial charge >= 0.3 is 0 Å². The standard InChI is InChI=1S/C22H26FN3O3/c1-16(2)29-20-9-3-17(4-10-20)22(28)26-13-11-25(12-14-26)15-21(27)24-19-7-5-18(23)6-8-19/h3-10,16H,11-15H2,1-2H3,(H,24,27). The van der Waals surface area contributed by atoms with Crippen LogP contribution in [0.2, 0.25) is 0 Å². The molecule has 29 heavy (non-hydrogen) atoms. The fourth-order valence-corrected chi connectivity index (χ4v) is 3.18. The van der Waals surface area contributed by atoms with E-state index in [2.05, 4.69) is 5.32 Å². The summed E-state index contributed by atoms with van der Waals surface area (Å²) in [5.41, 5.74) is 1.19. The van der Waals surface area contributed by atoms with E-state index < -0.39 is 0 Å². The first-order valence-electron chi connectivity index (χ1n) is 9.74. The number of carbonyl (C=O) groups excluding carboxylic acids is 2. The fraction of sp³-hybridized carbons (Fsp3) is 0.364. The van der Waals surface area contributed by atoms with Crippen LogP contribution in [0.4, 0.5) is 10.1 Å². The van der Waals surface area contributed by atoms with Crippen LogP contribution in [0.1, 0.15) is 24.2 Å². The Morgan fingerprint density at radius 1 is 1.00 bits per heavy atom. The van der Waals surface area contributed by atoms with Crippen molar-refractivity contribution in [3.63, 3.8) is 0 Å². The number of anilines is 1. The van der Waals surface area contributed by atoms with Gasteiger partial charge in [-0.1, -0.05) is 0 Å². The van der Waals surface area contributed by atoms with E-state index in [1.54, 1.807) is 17.0 Å². The Labute approximate surface area is 170 Å². The average Bonchev–Trinajstić information content (AvgIpc) is 2.70. The summed E-state index contributed by atoms with van der Waals surface area (Å²) in [6, 6.07) is 12.9. The number of halogens is 1. The molecule has 0 saturated carbocycles. The Balaban J connectivity index is 1.46. The Morgan fingerprint density at radius 2 is 1.62 bits per heavy atom. The highest BCUT2D eigenvalue weighted by atomic mass is 19.1. The van der Waals surface area contributed by atoms with Crippen molar-refractivity contribution in [1.82, 2.24) is 9.80 Å². The van der Waals surface area contributed by atoms with Crippen LogP contribution >= 0.6 is 0 Å². The third kappa shape index (κ3) is 6.02. The smallest absolute Gasteiger partial charge is 0.253 e. The molecule has 1 aliphatic rings. The molecule has 0 aliphatic carbocycles. The van der Waals surface area contributed by atoms with Gasteiger partial charge in [-0.2, -0.15) is 0 Å². The number of nitrogens with one attached hydrogen (secondary N) is 1. The minimum atomic E-state index is -0.342. The zero-order valence-electron chi connectivity index (χ0n) is 16.7. The van der Waals surface area contributed by atoms with E-state index in [-0.39, 0.29) is 30.3 Å². The minimum Gasteiger partial charge on any atom is -0.491 e. The molecule has 0 spiro atoms. The van der Waals surface area contributed by atoms with E-state index in [9.17, 15) is 14.0 Å². The summed E-state index contributed by atoms with van der Waals surface area (Å²) in [5.74, 6) is 0.230. The molecule has 0 atom stereocenters. The third-order valence-corrected chi connectivity index (χ3v) is 4.63. The van der Waals surface area contributed by atoms with Gasteiger partial charge in [0.1, 0.15) is 11.6 Å². The number of carbonyl (C=O) groups is 2. The van der Waals surface area contributed by atoms with Crippen molar-refractivity contribution >= 4 is 17.5 Å². The molecule has 0 radical (unpaired) electrons. The van der Waals surface area contributed by atoms with Gasteiger partial charge in [0.05, 0.1) is 12.6 Å². The number of nitrogens with zero attached hydrogens (tertiary/aromatic N) is 2. The second kappa shape index (κ2) is 9.52. The van der Waals surface area contributed by atoms with Gasteiger partial charge in [0.25, 0.3) is 5.91 Å². The molecule has 2 aromatic carbocycles. The van der Waals surface area contributed by atoms with E-state index in [0.29, 0.717) is 37.4 Å². The van der Waals surface area contributed by atoms with E-state index in [1.807, 2.05) is 30.9 Å². The number of ether oxygens (including phenoxy) is 1. The van der Waals surface area contributed by atoms with Gasteiger partial charge in [-0.05, 0) is 62.4 Å². The summed E-state index contributed by atoms with van der Waals surface area (Å²) >= 11 is 0. The van der Waals surface area contributed by atoms with Crippen molar-refractivity contribution in [3.8, 4) is 5.75 Å². The first kappa shape index (κ1) is 20.8. The molecule has 2 amide bonds. The Hall–Kier alpha value is -2.93. The quantitative estimate of drug-likeness (QED) is 0.811. The number of hydrogen-bond donors (Lipinski definition) is 1. The van der Waals surface area contributed by atoms with Crippen molar-refractivity contribution in [2.24, 2.45) is 0 Å². The SMILES string of the molecule is CC(C)Oc1ccc(C(=O)N2CCN(CC(=O)Nc3ccc(F)cc3)CC2)cc1. The molecule has 1 heterocycles. The zero-order chi connectivity index (χ0) is 20.8. The molecule has 0 aromatic heterocycles. The molecule has 1 N–H and O–H groups in total. The molecule has 2 aromatic rings. The summed E-state index contributed by atoms with van der Waals surface area (Å²) in [5, 5.41) is 2.76. The number of amides is 2. The van der Waals surface area contributed by atoms with Crippen LogP contribution in [0.25, 0.3) is 0 Å². The second-order valence-corrected chi connectivity index (χ2v) is 7.31. The predicted octanol–water partition coefficient (Wildman–Crippen LogP) is 3.01. The average molecular weight is 399 g/mol. The molecular weight excluding hydrogens is 373 g/mol. The summed E-state index contributed by atoms with van der Waals surface area (Å²) in [4.78, 5) is 28.7. The van der Waals surface area contributed by atoms with Crippen molar-refractivity contribution in [3.05, 3.63) is 59.9 Å². The monoisotopic (exact) mass is 399 g/mol. The predicted molar refractivity (Wildman–Crippen MR) is 110 cm³/mol. The topological polar surface area (TPSA) is 61.9 Å². The molecule has 3 rings (SSSR count). The maximum Gasteiger partial charge on any atom is 0.253 e. The Kier molecular flexibility index (Phi) is 6.82. The normalized spacial score (nSPS) is 14.7. The number of hydrogen-bond acceptors (Lipinski definition) is 4. The van der Waals surface area contributed by atoms with Crippen molar-refractivity contribution < 1.29 is 18.7 Å². The van der Waals surface area contributed by atoms with Crippen LogP contribution in [-0.2, 0) is 4.79 Å². The summed E-state index contributed by atoms with van der Waals surface area (Å²) in [6.45, 7) is 6.52. The molecule has 1 aliphatic heterocycles. The van der Waals surface area contributed by atoms with Crippen molar-refractivity contribution in [1.29, 1.82) is 0 Å². The minimum absolute atomic E-state index is 0.0171. The Morgan fingerprint density at radius 3 is 2.21 bits per heavy atom. The van der Waals surface area contributed by atoms with Crippen LogP contribution in [0.15, 0.2) is 48.5 Å². The van der Waals surface area contributed by atoms with Gasteiger partial charge in [-0.15, -0.1) is 0 Å². The third-order valence-electron chi connectivity index (χ3n) is 4.63. The first-order valence-corrected chi connectivity index (χ1v) is 9.74. The van der Waals surface area contributed by atoms with E-state index in [1.165, 1.54) is 24.3 Å². The number of rotatable bonds is 6. The van der Waals surface area contributed by atoms with Crippen LogP contribution in [-0.4, -0.2) is 60.4 Å². The van der Waals surface area contributed by atoms with Crippen molar-refractivity contribution in [2.75, 3.05) is 38.0 Å². The van der Waals surface area contributed by atoms with Crippen LogP contribution in [0, 0.1) is 5.82 Å². The fourth-order valence-electron chi connectivity index (χ4n) is 3.18. The molecule has 0 bridgehead atoms. The van der Waals surface area contributed by atoms with Crippen molar-refractivity contribution in [2.45, 2.75) is 20.0 Å². The molecule has 7 heteroatoms. The van der Waals surface area contributed by atoms with E-state index >= 15 is 0 Å². The highest BCUT2D eigenvalue weighted by Crippen LogP contribution is 2.16. The lowest BCUT2D eigenvalue weighted by molar-refractivity contribution is -0.117. The molecule has 154 valence electrons. The molecule has 0 unspecified atom stereocenters. The molecule has 6 nitrogen and oxygen atoms in total. The van der Waals surface area contributed by atoms with Crippen LogP contribution in [0.3, 0.4) is 0 Å². The summed E-state index contributed by atoms with van der Waals surface area (Å²) in [7, 11) is 0. The Bertz CT molecular complexity index is 829. The first-order chi connectivity index (χ1) is 13.9. The van der Waals surface area contributed by atoms with Gasteiger partial charge in [0.2, 0.25) is 5.91 Å².